The van der Waals surface area contributed by atoms with E-state index in [0.29, 0.717) is 29.0 Å². The van der Waals surface area contributed by atoms with Gasteiger partial charge in [-0.05, 0) is 106 Å². The molecule has 0 saturated heterocycles. The molecule has 0 radical (unpaired) electrons. The van der Waals surface area contributed by atoms with Crippen molar-refractivity contribution in [2.24, 2.45) is 0 Å². The van der Waals surface area contributed by atoms with E-state index < -0.39 is 0 Å². The number of rotatable bonds is 9. The van der Waals surface area contributed by atoms with Gasteiger partial charge in [-0.15, -0.1) is 0 Å². The largest absolute Gasteiger partial charge is 0.456 e. The first-order chi connectivity index (χ1) is 43.6. The molecule has 0 spiro atoms. The summed E-state index contributed by atoms with van der Waals surface area (Å²) in [6.07, 6.45) is 0. The molecule has 0 aliphatic carbocycles. The second kappa shape index (κ2) is 19.8. The molecule has 12 aromatic carbocycles. The van der Waals surface area contributed by atoms with Crippen molar-refractivity contribution in [3.63, 3.8) is 0 Å². The van der Waals surface area contributed by atoms with Crippen LogP contribution in [0.3, 0.4) is 0 Å². The number of para-hydroxylation sites is 3. The molecule has 0 aliphatic rings. The number of benzene rings is 12. The Labute approximate surface area is 503 Å². The molecule has 6 heterocycles. The molecule has 0 atom stereocenters. The molecule has 0 bridgehead atoms. The smallest absolute Gasteiger partial charge is 0.236 e. The van der Waals surface area contributed by atoms with Gasteiger partial charge in [-0.2, -0.15) is 0 Å². The fourth-order valence-electron chi connectivity index (χ4n) is 13.0. The van der Waals surface area contributed by atoms with E-state index in [-0.39, 0.29) is 0 Å². The first-order valence-corrected chi connectivity index (χ1v) is 29.5. The van der Waals surface area contributed by atoms with Crippen molar-refractivity contribution in [1.82, 2.24) is 34.1 Å². The summed E-state index contributed by atoms with van der Waals surface area (Å²) >= 11 is 0. The van der Waals surface area contributed by atoms with Crippen molar-refractivity contribution in [2.45, 2.75) is 0 Å². The summed E-state index contributed by atoms with van der Waals surface area (Å²) in [4.78, 5) is 25.6. The normalized spacial score (nSPS) is 11.9. The first-order valence-electron chi connectivity index (χ1n) is 29.5. The van der Waals surface area contributed by atoms with Crippen molar-refractivity contribution in [1.29, 1.82) is 0 Å². The predicted molar refractivity (Wildman–Crippen MR) is 357 cm³/mol. The van der Waals surface area contributed by atoms with Crippen molar-refractivity contribution in [3.8, 4) is 90.4 Å². The Morgan fingerprint density at radius 3 is 1.41 bits per heavy atom. The minimum atomic E-state index is 0.585. The molecule has 0 N–H and O–H groups in total. The monoisotopic (exact) mass is 1130 g/mol. The third-order valence-corrected chi connectivity index (χ3v) is 17.2. The molecule has 0 saturated carbocycles. The zero-order valence-electron chi connectivity index (χ0n) is 47.1. The number of fused-ring (bicyclic) bond motifs is 13. The van der Waals surface area contributed by atoms with Gasteiger partial charge in [0.05, 0.1) is 27.5 Å². The maximum absolute atomic E-state index is 7.15. The molecule has 0 amide bonds. The molecule has 9 heteroatoms. The van der Waals surface area contributed by atoms with E-state index in [0.717, 1.165) is 149 Å². The van der Waals surface area contributed by atoms with Crippen LogP contribution in [0.25, 0.3) is 178 Å². The number of hydrogen-bond donors (Lipinski definition) is 0. The summed E-state index contributed by atoms with van der Waals surface area (Å²) in [5, 5.41) is 7.43. The summed E-state index contributed by atoms with van der Waals surface area (Å²) in [7, 11) is 0. The number of hydrogen-bond acceptors (Lipinski definition) is 7. The Morgan fingerprint density at radius 1 is 0.250 bits per heavy atom. The molecule has 18 rings (SSSR count). The van der Waals surface area contributed by atoms with Gasteiger partial charge in [0.25, 0.3) is 0 Å². The van der Waals surface area contributed by atoms with Crippen molar-refractivity contribution in [2.75, 3.05) is 0 Å². The Kier molecular flexibility index (Phi) is 11.1. The maximum atomic E-state index is 7.15. The Hall–Kier alpha value is -12.1. The van der Waals surface area contributed by atoms with E-state index in [1.165, 1.54) is 0 Å². The lowest BCUT2D eigenvalue weighted by atomic mass is 9.96. The average Bonchev–Trinajstić information content (AvgIpc) is 2.19. The quantitative estimate of drug-likeness (QED) is 0.142. The van der Waals surface area contributed by atoms with Crippen LogP contribution in [-0.2, 0) is 0 Å². The van der Waals surface area contributed by atoms with Crippen LogP contribution in [0.5, 0.6) is 0 Å². The summed E-state index contributed by atoms with van der Waals surface area (Å²) in [6.45, 7) is 0. The van der Waals surface area contributed by atoms with Crippen LogP contribution in [0.15, 0.2) is 294 Å². The van der Waals surface area contributed by atoms with Gasteiger partial charge in [0.2, 0.25) is 5.95 Å². The van der Waals surface area contributed by atoms with Gasteiger partial charge in [-0.1, -0.05) is 212 Å². The highest BCUT2D eigenvalue weighted by Gasteiger charge is 2.25. The zero-order chi connectivity index (χ0) is 57.8. The fourth-order valence-corrected chi connectivity index (χ4v) is 13.0. The second-order valence-corrected chi connectivity index (χ2v) is 22.3. The highest BCUT2D eigenvalue weighted by Crippen LogP contribution is 2.44. The molecular weight excluding hydrogens is 1080 g/mol. The molecular formula is C79H47N7O2. The van der Waals surface area contributed by atoms with Gasteiger partial charge in [0.1, 0.15) is 28.0 Å². The van der Waals surface area contributed by atoms with E-state index in [1.54, 1.807) is 0 Å². The van der Waals surface area contributed by atoms with E-state index >= 15 is 0 Å². The number of furan rings is 2. The average molecular weight is 1130 g/mol. The molecule has 18 aromatic rings. The lowest BCUT2D eigenvalue weighted by Gasteiger charge is -2.11. The molecule has 9 nitrogen and oxygen atoms in total. The third-order valence-electron chi connectivity index (χ3n) is 17.2. The summed E-state index contributed by atoms with van der Waals surface area (Å²) in [5.74, 6) is 2.41. The van der Waals surface area contributed by atoms with Gasteiger partial charge < -0.3 is 13.4 Å². The highest BCUT2D eigenvalue weighted by atomic mass is 16.3. The van der Waals surface area contributed by atoms with Gasteiger partial charge in [-0.25, -0.2) is 24.9 Å². The Bertz CT molecular complexity index is 5700. The molecule has 88 heavy (non-hydrogen) atoms. The lowest BCUT2D eigenvalue weighted by Crippen LogP contribution is -2.02. The third kappa shape index (κ3) is 7.98. The maximum Gasteiger partial charge on any atom is 0.236 e. The van der Waals surface area contributed by atoms with Crippen LogP contribution in [0, 0.1) is 0 Å². The topological polar surface area (TPSA) is 101 Å². The van der Waals surface area contributed by atoms with Gasteiger partial charge >= 0.3 is 0 Å². The Balaban J connectivity index is 0.675. The molecule has 0 aliphatic heterocycles. The van der Waals surface area contributed by atoms with E-state index in [2.05, 4.69) is 209 Å². The highest BCUT2D eigenvalue weighted by molar-refractivity contribution is 6.24. The van der Waals surface area contributed by atoms with Crippen molar-refractivity contribution < 1.29 is 8.83 Å². The molecule has 0 unspecified atom stereocenters. The lowest BCUT2D eigenvalue weighted by molar-refractivity contribution is 0.669. The zero-order valence-corrected chi connectivity index (χ0v) is 47.1. The fraction of sp³-hybridized carbons (Fsp3) is 0. The minimum Gasteiger partial charge on any atom is -0.456 e. The van der Waals surface area contributed by atoms with Gasteiger partial charge in [-0.3, -0.25) is 4.57 Å². The summed E-state index contributed by atoms with van der Waals surface area (Å²) in [6, 6.07) is 99.5. The molecule has 0 fully saturated rings. The van der Waals surface area contributed by atoms with Gasteiger partial charge in [0.15, 0.2) is 23.1 Å². The van der Waals surface area contributed by atoms with Gasteiger partial charge in [0, 0.05) is 60.3 Å². The first kappa shape index (κ1) is 49.4. The van der Waals surface area contributed by atoms with E-state index in [4.69, 9.17) is 33.8 Å². The second-order valence-electron chi connectivity index (χ2n) is 22.3. The molecule has 6 aromatic heterocycles. The Morgan fingerprint density at radius 2 is 0.750 bits per heavy atom. The van der Waals surface area contributed by atoms with E-state index in [9.17, 15) is 0 Å². The van der Waals surface area contributed by atoms with Crippen molar-refractivity contribution >= 4 is 87.6 Å². The van der Waals surface area contributed by atoms with E-state index in [1.807, 2.05) is 84.9 Å². The number of aromatic nitrogens is 7. The van der Waals surface area contributed by atoms with Crippen LogP contribution < -0.4 is 0 Å². The molecule has 410 valence electrons. The summed E-state index contributed by atoms with van der Waals surface area (Å²) in [5.41, 5.74) is 20.2. The SMILES string of the molecule is c1ccc(-c2nc(-c3ccccc3)nc(-c3ccc4c(c3)oc3ccc(-c5ccc(-c6cccc(-c7cccc(-n8c9ccccc9c9c%10oc%11c(-c%12ccccc%12)nc(-n%12c%13ccccc%13c%13ccccc%13%12)nc%11c%10ccc98)c7)c6)cc5)cc34)n2)cc1. The summed E-state index contributed by atoms with van der Waals surface area (Å²) < 4.78 is 18.2. The minimum absolute atomic E-state index is 0.585. The van der Waals surface area contributed by atoms with Crippen LogP contribution in [-0.4, -0.2) is 34.1 Å². The van der Waals surface area contributed by atoms with Crippen LogP contribution in [0.2, 0.25) is 0 Å². The standard InChI is InChI=1S/C79H47N7O2/c1-4-18-50(19-5-1)72-75-73(81-79(80-72)86-65-31-13-10-28-59(65)60-29-11-14-32-66(60)86)63-41-42-68-71(74(63)88-75)62-30-12-15-33-67(62)85(68)58-27-17-26-55(45-58)54-25-16-24-53(44-54)48-34-36-49(37-35-48)56-39-43-69-64(46-56)61-40-38-57(47-70(61)87-69)78-83-76(51-20-6-2-7-21-51)82-77(84-78)52-22-8-3-9-23-52/h1-47H. The predicted octanol–water partition coefficient (Wildman–Crippen LogP) is 20.3. The van der Waals surface area contributed by atoms with Crippen LogP contribution >= 0.6 is 0 Å². The van der Waals surface area contributed by atoms with Crippen molar-refractivity contribution in [3.05, 3.63) is 285 Å². The van der Waals surface area contributed by atoms with Crippen LogP contribution in [0.4, 0.5) is 0 Å². The van der Waals surface area contributed by atoms with Crippen LogP contribution in [0.1, 0.15) is 0 Å². The number of nitrogens with zero attached hydrogens (tertiary/aromatic N) is 7.